The highest BCUT2D eigenvalue weighted by Gasteiger charge is 2.16. The van der Waals surface area contributed by atoms with E-state index in [2.05, 4.69) is 18.7 Å². The van der Waals surface area contributed by atoms with Gasteiger partial charge in [-0.05, 0) is 31.8 Å². The Kier molecular flexibility index (Phi) is 8.37. The van der Waals surface area contributed by atoms with Crippen LogP contribution < -0.4 is 0 Å². The molecule has 0 rings (SSSR count). The van der Waals surface area contributed by atoms with E-state index in [0.29, 0.717) is 25.4 Å². The lowest BCUT2D eigenvalue weighted by atomic mass is 10.1. The van der Waals surface area contributed by atoms with Crippen molar-refractivity contribution in [3.05, 3.63) is 0 Å². The Labute approximate surface area is 109 Å². The Balaban J connectivity index is 4.14. The van der Waals surface area contributed by atoms with Gasteiger partial charge in [0, 0.05) is 13.0 Å². The van der Waals surface area contributed by atoms with Gasteiger partial charge in [-0.15, -0.1) is 0 Å². The van der Waals surface area contributed by atoms with E-state index < -0.39 is 17.9 Å². The first-order valence-electron chi connectivity index (χ1n) is 6.49. The molecular formula is C13H25NO4. The van der Waals surface area contributed by atoms with Gasteiger partial charge in [0.2, 0.25) is 0 Å². The van der Waals surface area contributed by atoms with Gasteiger partial charge in [-0.3, -0.25) is 9.59 Å². The summed E-state index contributed by atoms with van der Waals surface area (Å²) in [6.45, 7) is 7.89. The molecule has 5 nitrogen and oxygen atoms in total. The van der Waals surface area contributed by atoms with Crippen molar-refractivity contribution in [1.82, 2.24) is 4.90 Å². The molecule has 0 aromatic heterocycles. The second kappa shape index (κ2) is 8.91. The average molecular weight is 259 g/mol. The first kappa shape index (κ1) is 16.9. The lowest BCUT2D eigenvalue weighted by molar-refractivity contribution is -0.142. The summed E-state index contributed by atoms with van der Waals surface area (Å²) in [5, 5.41) is 17.5. The SMILES string of the molecule is CC(C)CCN(CCCC(=O)O)CC(C)C(=O)O. The maximum Gasteiger partial charge on any atom is 0.307 e. The smallest absolute Gasteiger partial charge is 0.307 e. The van der Waals surface area contributed by atoms with Crippen LogP contribution in [0.4, 0.5) is 0 Å². The molecular weight excluding hydrogens is 234 g/mol. The van der Waals surface area contributed by atoms with Crippen molar-refractivity contribution in [2.75, 3.05) is 19.6 Å². The van der Waals surface area contributed by atoms with Gasteiger partial charge in [0.25, 0.3) is 0 Å². The monoisotopic (exact) mass is 259 g/mol. The number of hydrogen-bond donors (Lipinski definition) is 2. The van der Waals surface area contributed by atoms with E-state index in [9.17, 15) is 9.59 Å². The van der Waals surface area contributed by atoms with Crippen LogP contribution in [0.3, 0.4) is 0 Å². The number of carboxylic acids is 2. The predicted molar refractivity (Wildman–Crippen MR) is 69.6 cm³/mol. The zero-order chi connectivity index (χ0) is 14.1. The maximum absolute atomic E-state index is 10.8. The van der Waals surface area contributed by atoms with Crippen LogP contribution in [0.15, 0.2) is 0 Å². The Hall–Kier alpha value is -1.10. The summed E-state index contributed by atoms with van der Waals surface area (Å²) in [5.74, 6) is -1.46. The minimum absolute atomic E-state index is 0.139. The minimum atomic E-state index is -0.803. The van der Waals surface area contributed by atoms with E-state index >= 15 is 0 Å². The van der Waals surface area contributed by atoms with E-state index in [4.69, 9.17) is 10.2 Å². The standard InChI is InChI=1S/C13H25NO4/c1-10(2)6-8-14(7-4-5-12(15)16)9-11(3)13(17)18/h10-11H,4-9H2,1-3H3,(H,15,16)(H,17,18). The van der Waals surface area contributed by atoms with Gasteiger partial charge in [-0.1, -0.05) is 20.8 Å². The molecule has 106 valence electrons. The topological polar surface area (TPSA) is 77.8 Å². The third kappa shape index (κ3) is 8.98. The molecule has 0 spiro atoms. The van der Waals surface area contributed by atoms with Gasteiger partial charge in [0.15, 0.2) is 0 Å². The first-order valence-corrected chi connectivity index (χ1v) is 6.49. The fourth-order valence-electron chi connectivity index (χ4n) is 1.65. The second-order valence-electron chi connectivity index (χ2n) is 5.22. The van der Waals surface area contributed by atoms with Crippen LogP contribution in [0.2, 0.25) is 0 Å². The molecule has 1 atom stereocenters. The molecule has 0 saturated heterocycles. The second-order valence-corrected chi connectivity index (χ2v) is 5.22. The molecule has 0 radical (unpaired) electrons. The largest absolute Gasteiger partial charge is 0.481 e. The van der Waals surface area contributed by atoms with Crippen LogP contribution in [0.5, 0.6) is 0 Å². The van der Waals surface area contributed by atoms with E-state index in [0.717, 1.165) is 13.0 Å². The Morgan fingerprint density at radius 3 is 2.17 bits per heavy atom. The molecule has 0 fully saturated rings. The highest BCUT2D eigenvalue weighted by molar-refractivity contribution is 5.69. The van der Waals surface area contributed by atoms with Gasteiger partial charge in [-0.25, -0.2) is 0 Å². The summed E-state index contributed by atoms with van der Waals surface area (Å²) >= 11 is 0. The van der Waals surface area contributed by atoms with Gasteiger partial charge in [0.05, 0.1) is 5.92 Å². The molecule has 0 aliphatic rings. The van der Waals surface area contributed by atoms with Crippen LogP contribution >= 0.6 is 0 Å². The van der Waals surface area contributed by atoms with Gasteiger partial charge in [0.1, 0.15) is 0 Å². The van der Waals surface area contributed by atoms with Crippen LogP contribution in [0, 0.1) is 11.8 Å². The van der Waals surface area contributed by atoms with E-state index in [1.165, 1.54) is 0 Å². The van der Waals surface area contributed by atoms with Crippen molar-refractivity contribution in [1.29, 1.82) is 0 Å². The number of nitrogens with zero attached hydrogens (tertiary/aromatic N) is 1. The molecule has 0 aromatic carbocycles. The van der Waals surface area contributed by atoms with Crippen LogP contribution in [-0.2, 0) is 9.59 Å². The molecule has 0 aromatic rings. The molecule has 0 saturated carbocycles. The predicted octanol–water partition coefficient (Wildman–Crippen LogP) is 1.92. The summed E-state index contributed by atoms with van der Waals surface area (Å²) in [6.07, 6.45) is 1.71. The molecule has 2 N–H and O–H groups in total. The minimum Gasteiger partial charge on any atom is -0.481 e. The molecule has 18 heavy (non-hydrogen) atoms. The van der Waals surface area contributed by atoms with Crippen molar-refractivity contribution >= 4 is 11.9 Å². The Morgan fingerprint density at radius 1 is 1.11 bits per heavy atom. The molecule has 0 aliphatic heterocycles. The lowest BCUT2D eigenvalue weighted by Gasteiger charge is -2.24. The fourth-order valence-corrected chi connectivity index (χ4v) is 1.65. The van der Waals surface area contributed by atoms with Gasteiger partial charge >= 0.3 is 11.9 Å². The van der Waals surface area contributed by atoms with Crippen LogP contribution in [0.1, 0.15) is 40.0 Å². The molecule has 0 heterocycles. The van der Waals surface area contributed by atoms with Crippen molar-refractivity contribution < 1.29 is 19.8 Å². The van der Waals surface area contributed by atoms with Crippen molar-refractivity contribution in [2.24, 2.45) is 11.8 Å². The van der Waals surface area contributed by atoms with Crippen molar-refractivity contribution in [2.45, 2.75) is 40.0 Å². The maximum atomic E-state index is 10.8. The Bertz CT molecular complexity index is 266. The average Bonchev–Trinajstić information content (AvgIpc) is 2.24. The number of hydrogen-bond acceptors (Lipinski definition) is 3. The third-order valence-electron chi connectivity index (χ3n) is 2.84. The highest BCUT2D eigenvalue weighted by Crippen LogP contribution is 2.07. The zero-order valence-electron chi connectivity index (χ0n) is 11.6. The molecule has 1 unspecified atom stereocenters. The Morgan fingerprint density at radius 2 is 1.72 bits per heavy atom. The van der Waals surface area contributed by atoms with Crippen LogP contribution in [-0.4, -0.2) is 46.7 Å². The van der Waals surface area contributed by atoms with Crippen molar-refractivity contribution in [3.8, 4) is 0 Å². The molecule has 5 heteroatoms. The molecule has 0 aliphatic carbocycles. The van der Waals surface area contributed by atoms with Crippen molar-refractivity contribution in [3.63, 3.8) is 0 Å². The summed E-state index contributed by atoms with van der Waals surface area (Å²) < 4.78 is 0. The summed E-state index contributed by atoms with van der Waals surface area (Å²) in [7, 11) is 0. The van der Waals surface area contributed by atoms with E-state index in [1.54, 1.807) is 6.92 Å². The summed E-state index contributed by atoms with van der Waals surface area (Å²) in [4.78, 5) is 23.4. The van der Waals surface area contributed by atoms with Gasteiger partial charge < -0.3 is 15.1 Å². The number of carboxylic acid groups (broad SMARTS) is 2. The van der Waals surface area contributed by atoms with Crippen LogP contribution in [0.25, 0.3) is 0 Å². The zero-order valence-corrected chi connectivity index (χ0v) is 11.6. The highest BCUT2D eigenvalue weighted by atomic mass is 16.4. The third-order valence-corrected chi connectivity index (χ3v) is 2.84. The van der Waals surface area contributed by atoms with Gasteiger partial charge in [-0.2, -0.15) is 0 Å². The number of rotatable bonds is 10. The molecule has 0 bridgehead atoms. The first-order chi connectivity index (χ1) is 8.32. The lowest BCUT2D eigenvalue weighted by Crippen LogP contribution is -2.34. The van der Waals surface area contributed by atoms with E-state index in [-0.39, 0.29) is 6.42 Å². The number of aliphatic carboxylic acids is 2. The normalized spacial score (nSPS) is 12.9. The van der Waals surface area contributed by atoms with E-state index in [1.807, 2.05) is 0 Å². The molecule has 0 amide bonds. The summed E-state index contributed by atoms with van der Waals surface area (Å²) in [6, 6.07) is 0. The quantitative estimate of drug-likeness (QED) is 0.626. The fraction of sp³-hybridized carbons (Fsp3) is 0.846. The summed E-state index contributed by atoms with van der Waals surface area (Å²) in [5.41, 5.74) is 0. The number of carbonyl (C=O) groups is 2.